The number of aromatic nitrogens is 1. The molecule has 9 heteroatoms. The fourth-order valence-electron chi connectivity index (χ4n) is 2.03. The number of nitrogens with one attached hydrogen (secondary N) is 2. The summed E-state index contributed by atoms with van der Waals surface area (Å²) in [6.07, 6.45) is 3.17. The van der Waals surface area contributed by atoms with Gasteiger partial charge in [0.15, 0.2) is 0 Å². The maximum absolute atomic E-state index is 11.9. The standard InChI is InChI=1S/C17H17N5O4/c1-12(9-16(23)19-14-3-2-8-18-11-14)20-21-17(24)10-13-4-6-15(7-5-13)22(25)26/h2-8,11H,9-10H2,1H3,(H,19,23)(H,21,24)/b20-12-. The Bertz CT molecular complexity index is 819. The van der Waals surface area contributed by atoms with Crippen LogP contribution in [-0.4, -0.2) is 27.4 Å². The van der Waals surface area contributed by atoms with Crippen LogP contribution in [0.3, 0.4) is 0 Å². The zero-order valence-electron chi connectivity index (χ0n) is 14.0. The number of carbonyl (C=O) groups is 2. The monoisotopic (exact) mass is 355 g/mol. The van der Waals surface area contributed by atoms with Gasteiger partial charge in [-0.15, -0.1) is 0 Å². The minimum atomic E-state index is -0.506. The summed E-state index contributed by atoms with van der Waals surface area (Å²) in [6, 6.07) is 9.10. The van der Waals surface area contributed by atoms with Crippen LogP contribution in [0.1, 0.15) is 18.9 Å². The molecule has 0 aliphatic heterocycles. The molecule has 0 saturated carbocycles. The average molecular weight is 355 g/mol. The third-order valence-corrected chi connectivity index (χ3v) is 3.24. The van der Waals surface area contributed by atoms with Crippen LogP contribution in [0.5, 0.6) is 0 Å². The van der Waals surface area contributed by atoms with E-state index >= 15 is 0 Å². The summed E-state index contributed by atoms with van der Waals surface area (Å²) < 4.78 is 0. The van der Waals surface area contributed by atoms with Gasteiger partial charge in [-0.3, -0.25) is 24.7 Å². The van der Waals surface area contributed by atoms with Crippen LogP contribution in [-0.2, 0) is 16.0 Å². The summed E-state index contributed by atoms with van der Waals surface area (Å²) in [4.78, 5) is 37.7. The lowest BCUT2D eigenvalue weighted by Crippen LogP contribution is -2.22. The Kier molecular flexibility index (Phi) is 6.49. The second kappa shape index (κ2) is 9.02. The van der Waals surface area contributed by atoms with Crippen molar-refractivity contribution in [3.05, 3.63) is 64.5 Å². The third kappa shape index (κ3) is 6.11. The van der Waals surface area contributed by atoms with Gasteiger partial charge in [-0.05, 0) is 24.6 Å². The summed E-state index contributed by atoms with van der Waals surface area (Å²) in [5.74, 6) is -0.658. The van der Waals surface area contributed by atoms with Gasteiger partial charge in [-0.25, -0.2) is 5.43 Å². The summed E-state index contributed by atoms with van der Waals surface area (Å²) in [7, 11) is 0. The van der Waals surface area contributed by atoms with E-state index in [9.17, 15) is 19.7 Å². The van der Waals surface area contributed by atoms with E-state index < -0.39 is 4.92 Å². The van der Waals surface area contributed by atoms with E-state index in [1.165, 1.54) is 30.5 Å². The minimum absolute atomic E-state index is 0.0205. The summed E-state index contributed by atoms with van der Waals surface area (Å²) in [6.45, 7) is 1.62. The van der Waals surface area contributed by atoms with Crippen LogP contribution < -0.4 is 10.7 Å². The zero-order chi connectivity index (χ0) is 18.9. The number of nitro benzene ring substituents is 1. The number of non-ortho nitro benzene ring substituents is 1. The molecule has 1 aromatic carbocycles. The van der Waals surface area contributed by atoms with Crippen LogP contribution in [0.4, 0.5) is 11.4 Å². The molecule has 1 aromatic heterocycles. The topological polar surface area (TPSA) is 127 Å². The molecule has 9 nitrogen and oxygen atoms in total. The highest BCUT2D eigenvalue weighted by Gasteiger charge is 2.08. The van der Waals surface area contributed by atoms with Crippen LogP contribution >= 0.6 is 0 Å². The van der Waals surface area contributed by atoms with E-state index in [1.54, 1.807) is 25.3 Å². The molecule has 2 rings (SSSR count). The molecule has 2 N–H and O–H groups in total. The molecule has 0 aliphatic rings. The van der Waals surface area contributed by atoms with E-state index in [4.69, 9.17) is 0 Å². The van der Waals surface area contributed by atoms with Gasteiger partial charge >= 0.3 is 0 Å². The average Bonchev–Trinajstić information content (AvgIpc) is 2.61. The van der Waals surface area contributed by atoms with Crippen molar-refractivity contribution >= 4 is 28.9 Å². The van der Waals surface area contributed by atoms with Crippen LogP contribution in [0.2, 0.25) is 0 Å². The Morgan fingerprint density at radius 1 is 1.19 bits per heavy atom. The van der Waals surface area contributed by atoms with Crippen molar-refractivity contribution in [2.75, 3.05) is 5.32 Å². The quantitative estimate of drug-likeness (QED) is 0.446. The van der Waals surface area contributed by atoms with E-state index in [0.717, 1.165) is 0 Å². The van der Waals surface area contributed by atoms with Gasteiger partial charge in [0.25, 0.3) is 5.69 Å². The van der Waals surface area contributed by atoms with Gasteiger partial charge in [0.2, 0.25) is 11.8 Å². The first-order valence-electron chi connectivity index (χ1n) is 7.69. The highest BCUT2D eigenvalue weighted by molar-refractivity contribution is 6.05. The number of hydrazone groups is 1. The molecule has 2 aromatic rings. The first kappa shape index (κ1) is 18.7. The van der Waals surface area contributed by atoms with E-state index in [2.05, 4.69) is 20.8 Å². The Balaban J connectivity index is 1.80. The molecular weight excluding hydrogens is 338 g/mol. The van der Waals surface area contributed by atoms with Crippen molar-refractivity contribution in [2.24, 2.45) is 5.10 Å². The van der Waals surface area contributed by atoms with E-state index in [1.807, 2.05) is 0 Å². The summed E-state index contributed by atoms with van der Waals surface area (Å²) in [5.41, 5.74) is 3.95. The maximum atomic E-state index is 11.9. The van der Waals surface area contributed by atoms with Crippen molar-refractivity contribution in [3.8, 4) is 0 Å². The summed E-state index contributed by atoms with van der Waals surface area (Å²) >= 11 is 0. The first-order chi connectivity index (χ1) is 12.4. The number of benzene rings is 1. The second-order valence-electron chi connectivity index (χ2n) is 5.45. The molecule has 134 valence electrons. The van der Waals surface area contributed by atoms with Crippen LogP contribution in [0.25, 0.3) is 0 Å². The van der Waals surface area contributed by atoms with Crippen molar-refractivity contribution in [3.63, 3.8) is 0 Å². The highest BCUT2D eigenvalue weighted by Crippen LogP contribution is 2.12. The first-order valence-corrected chi connectivity index (χ1v) is 7.69. The largest absolute Gasteiger partial charge is 0.324 e. The lowest BCUT2D eigenvalue weighted by Gasteiger charge is -2.05. The van der Waals surface area contributed by atoms with Crippen molar-refractivity contribution in [1.29, 1.82) is 0 Å². The van der Waals surface area contributed by atoms with Gasteiger partial charge in [-0.2, -0.15) is 5.10 Å². The predicted octanol–water partition coefficient (Wildman–Crippen LogP) is 2.05. The molecule has 0 unspecified atom stereocenters. The number of amides is 2. The highest BCUT2D eigenvalue weighted by atomic mass is 16.6. The van der Waals surface area contributed by atoms with Gasteiger partial charge in [0, 0.05) is 24.0 Å². The number of nitrogens with zero attached hydrogens (tertiary/aromatic N) is 3. The number of carbonyl (C=O) groups excluding carboxylic acids is 2. The molecule has 0 spiro atoms. The number of anilines is 1. The van der Waals surface area contributed by atoms with Gasteiger partial charge in [0.1, 0.15) is 0 Å². The van der Waals surface area contributed by atoms with Gasteiger partial charge < -0.3 is 5.32 Å². The van der Waals surface area contributed by atoms with Crippen molar-refractivity contribution in [1.82, 2.24) is 10.4 Å². The number of nitro groups is 1. The lowest BCUT2D eigenvalue weighted by molar-refractivity contribution is -0.384. The number of hydrogen-bond acceptors (Lipinski definition) is 6. The van der Waals surface area contributed by atoms with Gasteiger partial charge in [0.05, 0.1) is 29.6 Å². The fourth-order valence-corrected chi connectivity index (χ4v) is 2.03. The Hall–Kier alpha value is -3.62. The molecule has 0 aliphatic carbocycles. The second-order valence-corrected chi connectivity index (χ2v) is 5.45. The van der Waals surface area contributed by atoms with Crippen LogP contribution in [0, 0.1) is 10.1 Å². The van der Waals surface area contributed by atoms with E-state index in [-0.39, 0.29) is 30.3 Å². The Labute approximate surface area is 149 Å². The molecule has 0 radical (unpaired) electrons. The maximum Gasteiger partial charge on any atom is 0.269 e. The van der Waals surface area contributed by atoms with Crippen LogP contribution in [0.15, 0.2) is 53.9 Å². The normalized spacial score (nSPS) is 10.9. The zero-order valence-corrected chi connectivity index (χ0v) is 14.0. The molecule has 2 amide bonds. The molecule has 0 bridgehead atoms. The fraction of sp³-hybridized carbons (Fsp3) is 0.176. The molecule has 0 atom stereocenters. The molecule has 0 fully saturated rings. The van der Waals surface area contributed by atoms with Gasteiger partial charge in [-0.1, -0.05) is 12.1 Å². The molecule has 1 heterocycles. The smallest absolute Gasteiger partial charge is 0.269 e. The number of hydrogen-bond donors (Lipinski definition) is 2. The van der Waals surface area contributed by atoms with Crippen molar-refractivity contribution < 1.29 is 14.5 Å². The predicted molar refractivity (Wildman–Crippen MR) is 95.5 cm³/mol. The summed E-state index contributed by atoms with van der Waals surface area (Å²) in [5, 5.41) is 17.1. The number of rotatable bonds is 7. The number of pyridine rings is 1. The van der Waals surface area contributed by atoms with E-state index in [0.29, 0.717) is 17.0 Å². The Morgan fingerprint density at radius 3 is 2.54 bits per heavy atom. The molecule has 26 heavy (non-hydrogen) atoms. The third-order valence-electron chi connectivity index (χ3n) is 3.24. The minimum Gasteiger partial charge on any atom is -0.324 e. The van der Waals surface area contributed by atoms with Crippen molar-refractivity contribution in [2.45, 2.75) is 19.8 Å². The SMILES string of the molecule is C/C(CC(=O)Nc1cccnc1)=N/NC(=O)Cc1ccc([N+](=O)[O-])cc1. The Morgan fingerprint density at radius 2 is 1.92 bits per heavy atom. The molecule has 0 saturated heterocycles. The lowest BCUT2D eigenvalue weighted by atomic mass is 10.1. The molecular formula is C17H17N5O4.